The van der Waals surface area contributed by atoms with E-state index in [4.69, 9.17) is 4.74 Å². The van der Waals surface area contributed by atoms with Gasteiger partial charge in [0.05, 0.1) is 11.0 Å². The molecule has 1 fully saturated rings. The average Bonchev–Trinajstić information content (AvgIpc) is 2.86. The van der Waals surface area contributed by atoms with Gasteiger partial charge in [0.25, 0.3) is 0 Å². The molecule has 1 unspecified atom stereocenters. The number of anilines is 1. The molecule has 5 heteroatoms. The van der Waals surface area contributed by atoms with Crippen LogP contribution in [0.15, 0.2) is 18.2 Å². The van der Waals surface area contributed by atoms with Crippen molar-refractivity contribution in [2.75, 3.05) is 24.2 Å². The van der Waals surface area contributed by atoms with Crippen LogP contribution in [-0.2, 0) is 16.3 Å². The highest BCUT2D eigenvalue weighted by atomic mass is 32.2. The van der Waals surface area contributed by atoms with Crippen LogP contribution in [0.1, 0.15) is 24.8 Å². The Balaban J connectivity index is 1.71. The lowest BCUT2D eigenvalue weighted by atomic mass is 10.1. The van der Waals surface area contributed by atoms with E-state index >= 15 is 0 Å². The Morgan fingerprint density at radius 1 is 1.32 bits per heavy atom. The van der Waals surface area contributed by atoms with Gasteiger partial charge in [-0.3, -0.25) is 0 Å². The Hall–Kier alpha value is -1.23. The summed E-state index contributed by atoms with van der Waals surface area (Å²) < 4.78 is 29.7. The molecular weight excluding hydrogens is 262 g/mol. The highest BCUT2D eigenvalue weighted by molar-refractivity contribution is 7.92. The molecule has 1 aromatic rings. The normalized spacial score (nSPS) is 24.5. The van der Waals surface area contributed by atoms with Gasteiger partial charge in [0.1, 0.15) is 12.4 Å². The van der Waals surface area contributed by atoms with Gasteiger partial charge >= 0.3 is 0 Å². The molecule has 0 amide bonds. The second-order valence-corrected chi connectivity index (χ2v) is 7.66. The maximum atomic E-state index is 11.9. The Morgan fingerprint density at radius 3 is 3.05 bits per heavy atom. The van der Waals surface area contributed by atoms with E-state index in [0.29, 0.717) is 12.4 Å². The summed E-state index contributed by atoms with van der Waals surface area (Å²) in [4.78, 5) is 0. The summed E-state index contributed by atoms with van der Waals surface area (Å²) in [5, 5.41) is 2.97. The third-order valence-electron chi connectivity index (χ3n) is 3.96. The molecule has 0 saturated carbocycles. The van der Waals surface area contributed by atoms with Gasteiger partial charge in [0.15, 0.2) is 9.84 Å². The first-order valence-electron chi connectivity index (χ1n) is 6.87. The van der Waals surface area contributed by atoms with Crippen LogP contribution in [0.25, 0.3) is 0 Å². The molecule has 1 atom stereocenters. The molecule has 4 nitrogen and oxygen atoms in total. The van der Waals surface area contributed by atoms with Gasteiger partial charge < -0.3 is 10.1 Å². The first-order valence-corrected chi connectivity index (χ1v) is 8.58. The largest absolute Gasteiger partial charge is 0.492 e. The fourth-order valence-electron chi connectivity index (χ4n) is 2.84. The molecule has 2 aliphatic rings. The molecule has 2 aliphatic heterocycles. The van der Waals surface area contributed by atoms with Gasteiger partial charge in [-0.15, -0.1) is 0 Å². The van der Waals surface area contributed by atoms with Crippen molar-refractivity contribution in [2.24, 2.45) is 0 Å². The molecule has 104 valence electrons. The zero-order valence-electron chi connectivity index (χ0n) is 10.9. The van der Waals surface area contributed by atoms with Crippen molar-refractivity contribution in [3.05, 3.63) is 23.8 Å². The van der Waals surface area contributed by atoms with Crippen LogP contribution in [0.2, 0.25) is 0 Å². The highest BCUT2D eigenvalue weighted by Gasteiger charge is 2.29. The monoisotopic (exact) mass is 281 g/mol. The van der Waals surface area contributed by atoms with E-state index in [-0.39, 0.29) is 5.25 Å². The van der Waals surface area contributed by atoms with Crippen molar-refractivity contribution in [1.29, 1.82) is 0 Å². The smallest absolute Gasteiger partial charge is 0.156 e. The van der Waals surface area contributed by atoms with Crippen molar-refractivity contribution >= 4 is 15.5 Å². The predicted octanol–water partition coefficient (Wildman–Crippen LogP) is 2.00. The molecule has 19 heavy (non-hydrogen) atoms. The number of benzene rings is 1. The van der Waals surface area contributed by atoms with Crippen LogP contribution >= 0.6 is 0 Å². The lowest BCUT2D eigenvalue weighted by Gasteiger charge is -2.22. The molecule has 3 rings (SSSR count). The van der Waals surface area contributed by atoms with Crippen LogP contribution in [0.5, 0.6) is 5.75 Å². The maximum Gasteiger partial charge on any atom is 0.156 e. The number of fused-ring (bicyclic) bond motifs is 1. The molecule has 0 aliphatic carbocycles. The Morgan fingerprint density at radius 2 is 2.21 bits per heavy atom. The van der Waals surface area contributed by atoms with E-state index in [2.05, 4.69) is 5.32 Å². The zero-order chi connectivity index (χ0) is 13.3. The van der Waals surface area contributed by atoms with E-state index in [1.165, 1.54) is 5.56 Å². The van der Waals surface area contributed by atoms with Crippen molar-refractivity contribution in [3.8, 4) is 5.75 Å². The van der Waals surface area contributed by atoms with E-state index in [1.54, 1.807) is 0 Å². The molecule has 0 spiro atoms. The van der Waals surface area contributed by atoms with Gasteiger partial charge in [-0.25, -0.2) is 8.42 Å². The summed E-state index contributed by atoms with van der Waals surface area (Å²) in [7, 11) is -2.95. The summed E-state index contributed by atoms with van der Waals surface area (Å²) in [5.74, 6) is 1.15. The van der Waals surface area contributed by atoms with Crippen LogP contribution in [0.4, 0.5) is 5.69 Å². The van der Waals surface area contributed by atoms with Crippen LogP contribution in [0.3, 0.4) is 0 Å². The van der Waals surface area contributed by atoms with Crippen molar-refractivity contribution in [2.45, 2.75) is 30.9 Å². The Kier molecular flexibility index (Phi) is 3.39. The van der Waals surface area contributed by atoms with Gasteiger partial charge in [0, 0.05) is 17.8 Å². The lowest BCUT2D eigenvalue weighted by Crippen LogP contribution is -2.33. The molecule has 2 heterocycles. The molecule has 1 aromatic carbocycles. The molecule has 0 radical (unpaired) electrons. The van der Waals surface area contributed by atoms with Crippen molar-refractivity contribution in [3.63, 3.8) is 0 Å². The molecular formula is C14H19NO3S. The fraction of sp³-hybridized carbons (Fsp3) is 0.571. The first kappa shape index (κ1) is 12.8. The molecule has 0 bridgehead atoms. The number of nitrogens with one attached hydrogen (secondary N) is 1. The zero-order valence-corrected chi connectivity index (χ0v) is 11.7. The topological polar surface area (TPSA) is 55.4 Å². The van der Waals surface area contributed by atoms with Crippen LogP contribution in [0, 0.1) is 0 Å². The summed E-state index contributed by atoms with van der Waals surface area (Å²) in [5.41, 5.74) is 2.29. The predicted molar refractivity (Wildman–Crippen MR) is 75.6 cm³/mol. The number of ether oxygens (including phenoxy) is 1. The number of hydrogen-bond donors (Lipinski definition) is 1. The second kappa shape index (κ2) is 5.04. The molecule has 0 aromatic heterocycles. The maximum absolute atomic E-state index is 11.9. The SMILES string of the molecule is O=S1(=O)CCCCC1COc1cccc2c1CCN2. The summed E-state index contributed by atoms with van der Waals surface area (Å²) in [6, 6.07) is 5.91. The average molecular weight is 281 g/mol. The third kappa shape index (κ3) is 2.56. The van der Waals surface area contributed by atoms with Gasteiger partial charge in [-0.05, 0) is 31.4 Å². The van der Waals surface area contributed by atoms with E-state index in [1.807, 2.05) is 18.2 Å². The first-order chi connectivity index (χ1) is 9.17. The van der Waals surface area contributed by atoms with Crippen molar-refractivity contribution < 1.29 is 13.2 Å². The van der Waals surface area contributed by atoms with E-state index in [9.17, 15) is 8.42 Å². The Bertz CT molecular complexity index is 568. The van der Waals surface area contributed by atoms with Gasteiger partial charge in [-0.2, -0.15) is 0 Å². The quantitative estimate of drug-likeness (QED) is 0.920. The second-order valence-electron chi connectivity index (χ2n) is 5.25. The minimum atomic E-state index is -2.95. The van der Waals surface area contributed by atoms with Crippen molar-refractivity contribution in [1.82, 2.24) is 0 Å². The number of sulfone groups is 1. The number of hydrogen-bond acceptors (Lipinski definition) is 4. The Labute approximate surface area is 114 Å². The van der Waals surface area contributed by atoms with E-state index in [0.717, 1.165) is 43.7 Å². The minimum Gasteiger partial charge on any atom is -0.492 e. The lowest BCUT2D eigenvalue weighted by molar-refractivity contribution is 0.300. The summed E-state index contributed by atoms with van der Waals surface area (Å²) >= 11 is 0. The van der Waals surface area contributed by atoms with Gasteiger partial charge in [-0.1, -0.05) is 12.5 Å². The highest BCUT2D eigenvalue weighted by Crippen LogP contribution is 2.31. The van der Waals surface area contributed by atoms with Crippen LogP contribution < -0.4 is 10.1 Å². The van der Waals surface area contributed by atoms with Gasteiger partial charge in [0.2, 0.25) is 0 Å². The fourth-order valence-corrected chi connectivity index (χ4v) is 4.58. The molecule has 1 N–H and O–H groups in total. The standard InChI is InChI=1S/C14H19NO3S/c16-19(17)9-2-1-4-11(19)10-18-14-6-3-5-13-12(14)7-8-15-13/h3,5-6,11,15H,1-2,4,7-10H2. The molecule has 1 saturated heterocycles. The number of rotatable bonds is 3. The summed E-state index contributed by atoms with van der Waals surface area (Å²) in [6.45, 7) is 1.22. The summed E-state index contributed by atoms with van der Waals surface area (Å²) in [6.07, 6.45) is 3.46. The minimum absolute atomic E-state index is 0.290. The van der Waals surface area contributed by atoms with E-state index < -0.39 is 9.84 Å². The van der Waals surface area contributed by atoms with Crippen LogP contribution in [-0.4, -0.2) is 32.6 Å². The third-order valence-corrected chi connectivity index (χ3v) is 6.21.